The molecule has 0 saturated carbocycles. The van der Waals surface area contributed by atoms with E-state index in [0.717, 1.165) is 5.56 Å². The number of hydrogen-bond acceptors (Lipinski definition) is 5. The van der Waals surface area contributed by atoms with Gasteiger partial charge in [-0.05, 0) is 18.6 Å². The van der Waals surface area contributed by atoms with E-state index in [1.54, 1.807) is 24.0 Å². The standard InChI is InChI=1S/C17H19N3O4S/c1-14-13-16(24-18-14)17(21)19-8-10-20(11-9-19)25(22,23)12-7-15-5-3-2-4-6-15/h2-7,12-13H,8-11H2,1H3/b12-7+. The highest BCUT2D eigenvalue weighted by Crippen LogP contribution is 2.14. The smallest absolute Gasteiger partial charge is 0.292 e. The van der Waals surface area contributed by atoms with Crippen LogP contribution < -0.4 is 0 Å². The van der Waals surface area contributed by atoms with E-state index >= 15 is 0 Å². The molecule has 25 heavy (non-hydrogen) atoms. The molecule has 2 aromatic rings. The van der Waals surface area contributed by atoms with Crippen molar-refractivity contribution in [1.29, 1.82) is 0 Å². The molecular formula is C17H19N3O4S. The van der Waals surface area contributed by atoms with Crippen molar-refractivity contribution in [2.75, 3.05) is 26.2 Å². The third-order valence-corrected chi connectivity index (χ3v) is 5.52. The second-order valence-electron chi connectivity index (χ2n) is 5.78. The van der Waals surface area contributed by atoms with Crippen LogP contribution in [0, 0.1) is 6.92 Å². The van der Waals surface area contributed by atoms with Crippen LogP contribution in [-0.2, 0) is 10.0 Å². The second kappa shape index (κ2) is 7.20. The van der Waals surface area contributed by atoms with Gasteiger partial charge in [0.15, 0.2) is 0 Å². The van der Waals surface area contributed by atoms with Crippen molar-refractivity contribution in [3.63, 3.8) is 0 Å². The Morgan fingerprint density at radius 1 is 1.16 bits per heavy atom. The van der Waals surface area contributed by atoms with Crippen LogP contribution in [0.1, 0.15) is 21.8 Å². The van der Waals surface area contributed by atoms with Crippen molar-refractivity contribution in [3.05, 3.63) is 58.8 Å². The summed E-state index contributed by atoms with van der Waals surface area (Å²) in [6, 6.07) is 10.8. The Morgan fingerprint density at radius 3 is 2.44 bits per heavy atom. The van der Waals surface area contributed by atoms with Crippen LogP contribution >= 0.6 is 0 Å². The van der Waals surface area contributed by atoms with E-state index < -0.39 is 10.0 Å². The Bertz CT molecular complexity index is 866. The van der Waals surface area contributed by atoms with Gasteiger partial charge in [0, 0.05) is 37.7 Å². The van der Waals surface area contributed by atoms with Gasteiger partial charge in [-0.1, -0.05) is 35.5 Å². The summed E-state index contributed by atoms with van der Waals surface area (Å²) in [5.74, 6) is -0.0877. The zero-order valence-electron chi connectivity index (χ0n) is 13.8. The molecule has 3 rings (SSSR count). The number of hydrogen-bond donors (Lipinski definition) is 0. The monoisotopic (exact) mass is 361 g/mol. The van der Waals surface area contributed by atoms with Gasteiger partial charge >= 0.3 is 0 Å². The van der Waals surface area contributed by atoms with Crippen LogP contribution in [0.15, 0.2) is 46.3 Å². The highest BCUT2D eigenvalue weighted by molar-refractivity contribution is 7.92. The van der Waals surface area contributed by atoms with Gasteiger partial charge in [-0.2, -0.15) is 4.31 Å². The fourth-order valence-electron chi connectivity index (χ4n) is 2.58. The normalized spacial score (nSPS) is 16.4. The van der Waals surface area contributed by atoms with Crippen molar-refractivity contribution in [2.24, 2.45) is 0 Å². The van der Waals surface area contributed by atoms with Gasteiger partial charge < -0.3 is 9.42 Å². The van der Waals surface area contributed by atoms with Gasteiger partial charge in [0.25, 0.3) is 5.91 Å². The minimum Gasteiger partial charge on any atom is -0.351 e. The van der Waals surface area contributed by atoms with E-state index in [0.29, 0.717) is 18.8 Å². The minimum atomic E-state index is -3.51. The quantitative estimate of drug-likeness (QED) is 0.828. The Morgan fingerprint density at radius 2 is 1.84 bits per heavy atom. The summed E-state index contributed by atoms with van der Waals surface area (Å²) in [4.78, 5) is 13.9. The van der Waals surface area contributed by atoms with Crippen LogP contribution in [-0.4, -0.2) is 54.9 Å². The van der Waals surface area contributed by atoms with Gasteiger partial charge in [0.05, 0.1) is 5.69 Å². The van der Waals surface area contributed by atoms with Gasteiger partial charge in [-0.15, -0.1) is 0 Å². The first kappa shape index (κ1) is 17.4. The summed E-state index contributed by atoms with van der Waals surface area (Å²) in [7, 11) is -3.51. The first-order chi connectivity index (χ1) is 12.0. The van der Waals surface area contributed by atoms with E-state index in [1.165, 1.54) is 9.71 Å². The molecule has 0 radical (unpaired) electrons. The molecule has 0 bridgehead atoms. The molecule has 1 fully saturated rings. The molecule has 7 nitrogen and oxygen atoms in total. The molecule has 2 heterocycles. The summed E-state index contributed by atoms with van der Waals surface area (Å²) < 4.78 is 31.2. The molecule has 1 aliphatic heterocycles. The molecular weight excluding hydrogens is 342 g/mol. The van der Waals surface area contributed by atoms with Crippen molar-refractivity contribution in [3.8, 4) is 0 Å². The molecule has 1 saturated heterocycles. The van der Waals surface area contributed by atoms with Crippen molar-refractivity contribution in [1.82, 2.24) is 14.4 Å². The zero-order valence-corrected chi connectivity index (χ0v) is 14.6. The highest BCUT2D eigenvalue weighted by Gasteiger charge is 2.29. The molecule has 0 atom stereocenters. The maximum absolute atomic E-state index is 12.4. The van der Waals surface area contributed by atoms with E-state index in [2.05, 4.69) is 5.16 Å². The van der Waals surface area contributed by atoms with Crippen LogP contribution in [0.2, 0.25) is 0 Å². The summed E-state index contributed by atoms with van der Waals surface area (Å²) in [6.07, 6.45) is 1.57. The second-order valence-corrected chi connectivity index (χ2v) is 7.60. The lowest BCUT2D eigenvalue weighted by Crippen LogP contribution is -2.50. The molecule has 1 aromatic carbocycles. The molecule has 0 N–H and O–H groups in total. The highest BCUT2D eigenvalue weighted by atomic mass is 32.2. The maximum Gasteiger partial charge on any atom is 0.292 e. The van der Waals surface area contributed by atoms with Crippen LogP contribution in [0.5, 0.6) is 0 Å². The predicted molar refractivity (Wildman–Crippen MR) is 93.1 cm³/mol. The largest absolute Gasteiger partial charge is 0.351 e. The fourth-order valence-corrected chi connectivity index (χ4v) is 3.75. The molecule has 1 aliphatic rings. The molecule has 1 amide bonds. The fraction of sp³-hybridized carbons (Fsp3) is 0.294. The molecule has 0 aliphatic carbocycles. The first-order valence-electron chi connectivity index (χ1n) is 7.91. The molecule has 0 spiro atoms. The molecule has 132 valence electrons. The number of piperazine rings is 1. The molecule has 1 aromatic heterocycles. The minimum absolute atomic E-state index is 0.179. The van der Waals surface area contributed by atoms with Crippen LogP contribution in [0.4, 0.5) is 0 Å². The van der Waals surface area contributed by atoms with E-state index in [4.69, 9.17) is 4.52 Å². The Kier molecular flexibility index (Phi) is 5.00. The molecule has 8 heteroatoms. The summed E-state index contributed by atoms with van der Waals surface area (Å²) in [6.45, 7) is 2.87. The predicted octanol–water partition coefficient (Wildman–Crippen LogP) is 1.74. The number of sulfonamides is 1. The first-order valence-corrected chi connectivity index (χ1v) is 9.42. The Balaban J connectivity index is 1.61. The van der Waals surface area contributed by atoms with Gasteiger partial charge in [-0.25, -0.2) is 8.42 Å². The van der Waals surface area contributed by atoms with Crippen molar-refractivity contribution >= 4 is 22.0 Å². The third-order valence-electron chi connectivity index (χ3n) is 3.96. The Hall–Kier alpha value is -2.45. The number of aryl methyl sites for hydroxylation is 1. The number of nitrogens with zero attached hydrogens (tertiary/aromatic N) is 3. The number of rotatable bonds is 4. The third kappa shape index (κ3) is 4.15. The number of carbonyl (C=O) groups excluding carboxylic acids is 1. The van der Waals surface area contributed by atoms with Gasteiger partial charge in [-0.3, -0.25) is 4.79 Å². The maximum atomic E-state index is 12.4. The summed E-state index contributed by atoms with van der Waals surface area (Å²) in [5, 5.41) is 4.91. The summed E-state index contributed by atoms with van der Waals surface area (Å²) in [5.41, 5.74) is 1.45. The van der Waals surface area contributed by atoms with Gasteiger partial charge in [0.1, 0.15) is 0 Å². The Labute approximate surface area is 146 Å². The van der Waals surface area contributed by atoms with Crippen molar-refractivity contribution < 1.29 is 17.7 Å². The van der Waals surface area contributed by atoms with Crippen LogP contribution in [0.3, 0.4) is 0 Å². The number of carbonyl (C=O) groups is 1. The van der Waals surface area contributed by atoms with Gasteiger partial charge in [0.2, 0.25) is 15.8 Å². The van der Waals surface area contributed by atoms with Crippen molar-refractivity contribution in [2.45, 2.75) is 6.92 Å². The van der Waals surface area contributed by atoms with E-state index in [9.17, 15) is 13.2 Å². The summed E-state index contributed by atoms with van der Waals surface area (Å²) >= 11 is 0. The lowest BCUT2D eigenvalue weighted by molar-refractivity contribution is 0.0657. The average molecular weight is 361 g/mol. The van der Waals surface area contributed by atoms with E-state index in [1.807, 2.05) is 30.3 Å². The number of amides is 1. The molecule has 0 unspecified atom stereocenters. The average Bonchev–Trinajstić information content (AvgIpc) is 3.07. The lowest BCUT2D eigenvalue weighted by Gasteiger charge is -2.32. The SMILES string of the molecule is Cc1cc(C(=O)N2CCN(S(=O)(=O)/C=C/c3ccccc3)CC2)on1. The van der Waals surface area contributed by atoms with E-state index in [-0.39, 0.29) is 24.8 Å². The topological polar surface area (TPSA) is 83.7 Å². The number of benzene rings is 1. The zero-order chi connectivity index (χ0) is 17.9. The van der Waals surface area contributed by atoms with Crippen LogP contribution in [0.25, 0.3) is 6.08 Å². The number of aromatic nitrogens is 1. The lowest BCUT2D eigenvalue weighted by atomic mass is 10.2.